The van der Waals surface area contributed by atoms with Crippen LogP contribution in [0.25, 0.3) is 10.2 Å². The average Bonchev–Trinajstić information content (AvgIpc) is 3.33. The van der Waals surface area contributed by atoms with Crippen molar-refractivity contribution in [3.05, 3.63) is 40.6 Å². The van der Waals surface area contributed by atoms with E-state index in [4.69, 9.17) is 0 Å². The highest BCUT2D eigenvalue weighted by Crippen LogP contribution is 2.31. The summed E-state index contributed by atoms with van der Waals surface area (Å²) in [4.78, 5) is 22.6. The molecule has 0 saturated heterocycles. The first kappa shape index (κ1) is 23.8. The number of likely N-dealkylation sites (N-methyl/N-ethyl adjacent to an activating group) is 1. The number of halogens is 1. The van der Waals surface area contributed by atoms with Crippen LogP contribution in [-0.4, -0.2) is 56.6 Å². The minimum atomic E-state index is -3.29. The quantitative estimate of drug-likeness (QED) is 0.491. The first-order chi connectivity index (χ1) is 13.3. The second-order valence-electron chi connectivity index (χ2n) is 6.36. The number of amides is 1. The molecule has 0 saturated carbocycles. The van der Waals surface area contributed by atoms with E-state index < -0.39 is 9.84 Å². The minimum absolute atomic E-state index is 0. The molecule has 0 N–H and O–H groups in total. The van der Waals surface area contributed by atoms with E-state index in [9.17, 15) is 13.2 Å². The number of sulfone groups is 1. The van der Waals surface area contributed by atoms with Gasteiger partial charge < -0.3 is 4.90 Å². The Morgan fingerprint density at radius 3 is 2.45 bits per heavy atom. The largest absolute Gasteiger partial charge is 0.302 e. The van der Waals surface area contributed by atoms with Gasteiger partial charge in [0.25, 0.3) is 5.91 Å². The standard InChI is InChI=1S/C19H23N3O3S3.ClH/c1-4-21(5-2)10-11-22(18(23)16-7-6-12-26-16)19-20-15-9-8-14(28(3,24)25)13-17(15)27-19;/h6-9,12-13H,4-5,10-11H2,1-3H3;1H. The van der Waals surface area contributed by atoms with Gasteiger partial charge in [0.15, 0.2) is 15.0 Å². The van der Waals surface area contributed by atoms with Gasteiger partial charge in [-0.3, -0.25) is 9.69 Å². The lowest BCUT2D eigenvalue weighted by Crippen LogP contribution is -2.38. The predicted octanol–water partition coefficient (Wildman–Crippen LogP) is 4.17. The Bertz CT molecular complexity index is 1060. The molecule has 0 fully saturated rings. The summed E-state index contributed by atoms with van der Waals surface area (Å²) >= 11 is 2.75. The molecule has 29 heavy (non-hydrogen) atoms. The van der Waals surface area contributed by atoms with E-state index in [1.54, 1.807) is 23.1 Å². The zero-order valence-corrected chi connectivity index (χ0v) is 19.8. The van der Waals surface area contributed by atoms with Crippen molar-refractivity contribution in [2.45, 2.75) is 18.7 Å². The number of thiazole rings is 1. The van der Waals surface area contributed by atoms with Crippen molar-refractivity contribution in [3.63, 3.8) is 0 Å². The highest BCUT2D eigenvalue weighted by Gasteiger charge is 2.23. The highest BCUT2D eigenvalue weighted by atomic mass is 35.5. The van der Waals surface area contributed by atoms with Crippen molar-refractivity contribution in [2.24, 2.45) is 0 Å². The molecule has 0 unspecified atom stereocenters. The van der Waals surface area contributed by atoms with Crippen LogP contribution >= 0.6 is 35.1 Å². The molecule has 0 atom stereocenters. The summed E-state index contributed by atoms with van der Waals surface area (Å²) in [6, 6.07) is 8.56. The molecule has 0 aliphatic rings. The molecular weight excluding hydrogens is 450 g/mol. The summed E-state index contributed by atoms with van der Waals surface area (Å²) in [7, 11) is -3.29. The molecule has 6 nitrogen and oxygen atoms in total. The number of benzene rings is 1. The van der Waals surface area contributed by atoms with Gasteiger partial charge in [0.2, 0.25) is 0 Å². The zero-order chi connectivity index (χ0) is 20.3. The Labute approximate surface area is 185 Å². The summed E-state index contributed by atoms with van der Waals surface area (Å²) in [6.45, 7) is 7.29. The van der Waals surface area contributed by atoms with E-state index in [0.29, 0.717) is 22.1 Å². The van der Waals surface area contributed by atoms with Gasteiger partial charge in [-0.05, 0) is 42.7 Å². The Hall–Kier alpha value is -1.52. The van der Waals surface area contributed by atoms with E-state index >= 15 is 0 Å². The van der Waals surface area contributed by atoms with Crippen LogP contribution in [0.2, 0.25) is 0 Å². The zero-order valence-electron chi connectivity index (χ0n) is 16.5. The van der Waals surface area contributed by atoms with Crippen molar-refractivity contribution in [1.29, 1.82) is 0 Å². The summed E-state index contributed by atoms with van der Waals surface area (Å²) < 4.78 is 24.4. The van der Waals surface area contributed by atoms with Crippen LogP contribution in [0.1, 0.15) is 23.5 Å². The van der Waals surface area contributed by atoms with Crippen molar-refractivity contribution < 1.29 is 13.2 Å². The van der Waals surface area contributed by atoms with E-state index in [2.05, 4.69) is 23.7 Å². The number of fused-ring (bicyclic) bond motifs is 1. The van der Waals surface area contributed by atoms with Crippen LogP contribution in [0.3, 0.4) is 0 Å². The SMILES string of the molecule is CCN(CC)CCN(C(=O)c1cccs1)c1nc2ccc(S(C)(=O)=O)cc2s1.Cl. The third-order valence-electron chi connectivity index (χ3n) is 4.52. The summed E-state index contributed by atoms with van der Waals surface area (Å²) in [6.07, 6.45) is 1.19. The maximum absolute atomic E-state index is 13.1. The maximum Gasteiger partial charge on any atom is 0.270 e. The number of thiophene rings is 1. The van der Waals surface area contributed by atoms with Crippen LogP contribution in [0.4, 0.5) is 5.13 Å². The maximum atomic E-state index is 13.1. The fourth-order valence-corrected chi connectivity index (χ4v) is 5.26. The van der Waals surface area contributed by atoms with Gasteiger partial charge in [0, 0.05) is 19.3 Å². The van der Waals surface area contributed by atoms with Gasteiger partial charge in [-0.25, -0.2) is 13.4 Å². The van der Waals surface area contributed by atoms with E-state index in [-0.39, 0.29) is 23.2 Å². The molecule has 10 heteroatoms. The van der Waals surface area contributed by atoms with Gasteiger partial charge in [-0.15, -0.1) is 23.7 Å². The van der Waals surface area contributed by atoms with Gasteiger partial charge >= 0.3 is 0 Å². The van der Waals surface area contributed by atoms with Crippen molar-refractivity contribution in [1.82, 2.24) is 9.88 Å². The summed E-state index contributed by atoms with van der Waals surface area (Å²) in [5.74, 6) is -0.0791. The Kier molecular flexibility index (Phi) is 8.18. The van der Waals surface area contributed by atoms with Gasteiger partial charge in [-0.2, -0.15) is 0 Å². The topological polar surface area (TPSA) is 70.6 Å². The number of carbonyl (C=O) groups is 1. The third kappa shape index (κ3) is 5.55. The van der Waals surface area contributed by atoms with Gasteiger partial charge in [-0.1, -0.05) is 31.3 Å². The normalized spacial score (nSPS) is 11.6. The molecule has 2 aromatic heterocycles. The molecule has 2 heterocycles. The first-order valence-corrected chi connectivity index (χ1v) is 12.6. The van der Waals surface area contributed by atoms with Crippen molar-refractivity contribution in [2.75, 3.05) is 37.3 Å². The molecule has 0 spiro atoms. The van der Waals surface area contributed by atoms with E-state index in [1.807, 2.05) is 17.5 Å². The number of hydrogen-bond donors (Lipinski definition) is 0. The van der Waals surface area contributed by atoms with Crippen LogP contribution in [0.5, 0.6) is 0 Å². The summed E-state index contributed by atoms with van der Waals surface area (Å²) in [5.41, 5.74) is 0.694. The van der Waals surface area contributed by atoms with Crippen LogP contribution in [0, 0.1) is 0 Å². The molecule has 1 aromatic carbocycles. The predicted molar refractivity (Wildman–Crippen MR) is 124 cm³/mol. The van der Waals surface area contributed by atoms with E-state index in [1.165, 1.54) is 28.9 Å². The van der Waals surface area contributed by atoms with Crippen LogP contribution in [-0.2, 0) is 9.84 Å². The van der Waals surface area contributed by atoms with Gasteiger partial charge in [0.1, 0.15) is 0 Å². The fourth-order valence-electron chi connectivity index (χ4n) is 2.84. The molecular formula is C19H24ClN3O3S3. The first-order valence-electron chi connectivity index (χ1n) is 9.01. The average molecular weight is 474 g/mol. The second-order valence-corrected chi connectivity index (χ2v) is 10.3. The monoisotopic (exact) mass is 473 g/mol. The Balaban J connectivity index is 0.00000300. The lowest BCUT2D eigenvalue weighted by Gasteiger charge is -2.24. The van der Waals surface area contributed by atoms with Gasteiger partial charge in [0.05, 0.1) is 20.0 Å². The molecule has 0 bridgehead atoms. The number of aromatic nitrogens is 1. The fraction of sp³-hybridized carbons (Fsp3) is 0.368. The number of carbonyl (C=O) groups excluding carboxylic acids is 1. The molecule has 158 valence electrons. The highest BCUT2D eigenvalue weighted by molar-refractivity contribution is 7.90. The van der Waals surface area contributed by atoms with Crippen LogP contribution in [0.15, 0.2) is 40.6 Å². The lowest BCUT2D eigenvalue weighted by atomic mass is 10.3. The number of hydrogen-bond acceptors (Lipinski definition) is 7. The minimum Gasteiger partial charge on any atom is -0.302 e. The molecule has 1 amide bonds. The molecule has 3 rings (SSSR count). The molecule has 0 aliphatic heterocycles. The summed E-state index contributed by atoms with van der Waals surface area (Å²) in [5, 5.41) is 2.47. The Morgan fingerprint density at radius 1 is 1.14 bits per heavy atom. The number of anilines is 1. The smallest absolute Gasteiger partial charge is 0.270 e. The van der Waals surface area contributed by atoms with Crippen molar-refractivity contribution in [3.8, 4) is 0 Å². The number of nitrogens with zero attached hydrogens (tertiary/aromatic N) is 3. The molecule has 0 radical (unpaired) electrons. The number of rotatable bonds is 8. The molecule has 3 aromatic rings. The third-order valence-corrected chi connectivity index (χ3v) is 7.53. The van der Waals surface area contributed by atoms with Crippen LogP contribution < -0.4 is 4.90 Å². The molecule has 0 aliphatic carbocycles. The Morgan fingerprint density at radius 2 is 1.86 bits per heavy atom. The second kappa shape index (κ2) is 9.99. The lowest BCUT2D eigenvalue weighted by molar-refractivity contribution is 0.0987. The van der Waals surface area contributed by atoms with Crippen molar-refractivity contribution >= 4 is 66.2 Å². The van der Waals surface area contributed by atoms with E-state index in [0.717, 1.165) is 24.3 Å².